The molecule has 0 saturated carbocycles. The van der Waals surface area contributed by atoms with Crippen molar-refractivity contribution < 1.29 is 13.9 Å². The fourth-order valence-electron chi connectivity index (χ4n) is 2.59. The third-order valence-corrected chi connectivity index (χ3v) is 4.31. The summed E-state index contributed by atoms with van der Waals surface area (Å²) >= 11 is 3.37. The van der Waals surface area contributed by atoms with Gasteiger partial charge >= 0.3 is 0 Å². The van der Waals surface area contributed by atoms with E-state index in [1.165, 1.54) is 6.07 Å². The number of rotatable bonds is 4. The zero-order valence-electron chi connectivity index (χ0n) is 11.5. The summed E-state index contributed by atoms with van der Waals surface area (Å²) < 4.78 is 25.3. The smallest absolute Gasteiger partial charge is 0.165 e. The van der Waals surface area contributed by atoms with Crippen molar-refractivity contribution >= 4 is 15.9 Å². The first kappa shape index (κ1) is 14.4. The maximum Gasteiger partial charge on any atom is 0.165 e. The SMILES string of the molecule is Fc1cccc(CBr)c1OCC1CCOc2ccccc21. The molecule has 21 heavy (non-hydrogen) atoms. The van der Waals surface area contributed by atoms with Gasteiger partial charge in [0.15, 0.2) is 11.6 Å². The van der Waals surface area contributed by atoms with Gasteiger partial charge in [-0.1, -0.05) is 46.3 Å². The second kappa shape index (κ2) is 6.48. The summed E-state index contributed by atoms with van der Waals surface area (Å²) in [6.07, 6.45) is 0.884. The maximum atomic E-state index is 13.9. The van der Waals surface area contributed by atoms with E-state index in [9.17, 15) is 4.39 Å². The number of alkyl halides is 1. The highest BCUT2D eigenvalue weighted by molar-refractivity contribution is 9.08. The van der Waals surface area contributed by atoms with Crippen LogP contribution in [0.2, 0.25) is 0 Å². The molecule has 0 aliphatic carbocycles. The van der Waals surface area contributed by atoms with Crippen molar-refractivity contribution in [3.63, 3.8) is 0 Å². The van der Waals surface area contributed by atoms with Crippen molar-refractivity contribution in [2.75, 3.05) is 13.2 Å². The van der Waals surface area contributed by atoms with E-state index in [2.05, 4.69) is 22.0 Å². The van der Waals surface area contributed by atoms with Crippen molar-refractivity contribution in [1.29, 1.82) is 0 Å². The lowest BCUT2D eigenvalue weighted by atomic mass is 9.94. The minimum atomic E-state index is -0.313. The second-order valence-corrected chi connectivity index (χ2v) is 5.61. The first-order valence-electron chi connectivity index (χ1n) is 6.97. The van der Waals surface area contributed by atoms with Crippen LogP contribution < -0.4 is 9.47 Å². The fraction of sp³-hybridized carbons (Fsp3) is 0.294. The normalized spacial score (nSPS) is 17.0. The quantitative estimate of drug-likeness (QED) is 0.746. The van der Waals surface area contributed by atoms with Gasteiger partial charge in [0.25, 0.3) is 0 Å². The molecule has 0 bridgehead atoms. The van der Waals surface area contributed by atoms with E-state index in [1.54, 1.807) is 6.07 Å². The molecule has 3 rings (SSSR count). The van der Waals surface area contributed by atoms with Gasteiger partial charge < -0.3 is 9.47 Å². The Labute approximate surface area is 132 Å². The van der Waals surface area contributed by atoms with Crippen LogP contribution in [0.3, 0.4) is 0 Å². The average Bonchev–Trinajstić information content (AvgIpc) is 2.53. The van der Waals surface area contributed by atoms with Crippen molar-refractivity contribution in [3.8, 4) is 11.5 Å². The van der Waals surface area contributed by atoms with Gasteiger partial charge in [0, 0.05) is 22.4 Å². The van der Waals surface area contributed by atoms with Gasteiger partial charge in [-0.05, 0) is 18.6 Å². The number of halogens is 2. The van der Waals surface area contributed by atoms with Crippen molar-refractivity contribution in [1.82, 2.24) is 0 Å². The Hall–Kier alpha value is -1.55. The van der Waals surface area contributed by atoms with Crippen LogP contribution in [0.1, 0.15) is 23.5 Å². The van der Waals surface area contributed by atoms with Crippen LogP contribution in [0.5, 0.6) is 11.5 Å². The van der Waals surface area contributed by atoms with E-state index in [4.69, 9.17) is 9.47 Å². The van der Waals surface area contributed by atoms with E-state index in [1.807, 2.05) is 24.3 Å². The lowest BCUT2D eigenvalue weighted by Crippen LogP contribution is -2.20. The predicted molar refractivity (Wildman–Crippen MR) is 83.8 cm³/mol. The number of fused-ring (bicyclic) bond motifs is 1. The molecule has 0 aromatic heterocycles. The highest BCUT2D eigenvalue weighted by Crippen LogP contribution is 2.34. The second-order valence-electron chi connectivity index (χ2n) is 5.04. The summed E-state index contributed by atoms with van der Waals surface area (Å²) in [5.41, 5.74) is 1.97. The molecule has 0 spiro atoms. The third kappa shape index (κ3) is 3.05. The molecule has 4 heteroatoms. The van der Waals surface area contributed by atoms with E-state index in [0.29, 0.717) is 24.3 Å². The predicted octanol–water partition coefficient (Wildman–Crippen LogP) is 4.67. The molecule has 1 atom stereocenters. The van der Waals surface area contributed by atoms with Crippen LogP contribution in [-0.2, 0) is 5.33 Å². The number of hydrogen-bond acceptors (Lipinski definition) is 2. The van der Waals surface area contributed by atoms with Crippen LogP contribution in [0.4, 0.5) is 4.39 Å². The third-order valence-electron chi connectivity index (χ3n) is 3.70. The Morgan fingerprint density at radius 3 is 2.90 bits per heavy atom. The molecule has 2 nitrogen and oxygen atoms in total. The molecule has 2 aromatic rings. The average molecular weight is 351 g/mol. The fourth-order valence-corrected chi connectivity index (χ4v) is 3.03. The minimum absolute atomic E-state index is 0.234. The largest absolute Gasteiger partial charge is 0.493 e. The molecule has 1 aliphatic rings. The lowest BCUT2D eigenvalue weighted by molar-refractivity contribution is 0.212. The summed E-state index contributed by atoms with van der Waals surface area (Å²) in [5, 5.41) is 0.574. The van der Waals surface area contributed by atoms with E-state index in [-0.39, 0.29) is 11.7 Å². The van der Waals surface area contributed by atoms with Crippen LogP contribution in [0.25, 0.3) is 0 Å². The maximum absolute atomic E-state index is 13.9. The first-order chi connectivity index (χ1) is 10.3. The number of benzene rings is 2. The summed E-state index contributed by atoms with van der Waals surface area (Å²) in [6.45, 7) is 1.13. The molecule has 0 fully saturated rings. The van der Waals surface area contributed by atoms with Crippen LogP contribution in [0, 0.1) is 5.82 Å². The van der Waals surface area contributed by atoms with Crippen molar-refractivity contribution in [2.45, 2.75) is 17.7 Å². The van der Waals surface area contributed by atoms with Gasteiger partial charge in [-0.2, -0.15) is 0 Å². The summed E-state index contributed by atoms with van der Waals surface area (Å²) in [7, 11) is 0. The molecule has 2 aromatic carbocycles. The van der Waals surface area contributed by atoms with E-state index in [0.717, 1.165) is 23.3 Å². The molecule has 1 unspecified atom stereocenters. The highest BCUT2D eigenvalue weighted by atomic mass is 79.9. The topological polar surface area (TPSA) is 18.5 Å². The Bertz CT molecular complexity index is 630. The highest BCUT2D eigenvalue weighted by Gasteiger charge is 2.22. The minimum Gasteiger partial charge on any atom is -0.493 e. The van der Waals surface area contributed by atoms with Gasteiger partial charge in [0.2, 0.25) is 0 Å². The van der Waals surface area contributed by atoms with Gasteiger partial charge in [0.05, 0.1) is 13.2 Å². The number of ether oxygens (including phenoxy) is 2. The van der Waals surface area contributed by atoms with Gasteiger partial charge in [-0.3, -0.25) is 0 Å². The number of para-hydroxylation sites is 2. The molecular formula is C17H16BrFO2. The standard InChI is InChI=1S/C17H16BrFO2/c18-10-12-4-3-6-15(19)17(12)21-11-13-8-9-20-16-7-2-1-5-14(13)16/h1-7,13H,8-11H2. The summed E-state index contributed by atoms with van der Waals surface area (Å²) in [4.78, 5) is 0. The molecule has 0 amide bonds. The molecule has 0 radical (unpaired) electrons. The molecule has 110 valence electrons. The monoisotopic (exact) mass is 350 g/mol. The Morgan fingerprint density at radius 2 is 2.05 bits per heavy atom. The summed E-state index contributed by atoms with van der Waals surface area (Å²) in [6, 6.07) is 13.0. The van der Waals surface area contributed by atoms with Crippen molar-refractivity contribution in [3.05, 3.63) is 59.4 Å². The van der Waals surface area contributed by atoms with Crippen LogP contribution in [0.15, 0.2) is 42.5 Å². The first-order valence-corrected chi connectivity index (χ1v) is 8.09. The molecule has 0 N–H and O–H groups in total. The van der Waals surface area contributed by atoms with Crippen molar-refractivity contribution in [2.24, 2.45) is 0 Å². The van der Waals surface area contributed by atoms with Gasteiger partial charge in [-0.25, -0.2) is 4.39 Å². The lowest BCUT2D eigenvalue weighted by Gasteiger charge is -2.26. The number of hydrogen-bond donors (Lipinski definition) is 0. The van der Waals surface area contributed by atoms with Crippen LogP contribution >= 0.6 is 15.9 Å². The molecular weight excluding hydrogens is 335 g/mol. The Morgan fingerprint density at radius 1 is 1.19 bits per heavy atom. The van der Waals surface area contributed by atoms with Crippen LogP contribution in [-0.4, -0.2) is 13.2 Å². The Kier molecular flexibility index (Phi) is 4.44. The van der Waals surface area contributed by atoms with E-state index < -0.39 is 0 Å². The Balaban J connectivity index is 1.78. The zero-order valence-corrected chi connectivity index (χ0v) is 13.1. The molecule has 1 aliphatic heterocycles. The van der Waals surface area contributed by atoms with Gasteiger partial charge in [0.1, 0.15) is 5.75 Å². The molecule has 0 saturated heterocycles. The van der Waals surface area contributed by atoms with Gasteiger partial charge in [-0.15, -0.1) is 0 Å². The zero-order chi connectivity index (χ0) is 14.7. The summed E-state index contributed by atoms with van der Waals surface area (Å²) in [5.74, 6) is 1.18. The van der Waals surface area contributed by atoms with E-state index >= 15 is 0 Å². The molecule has 1 heterocycles.